The van der Waals surface area contributed by atoms with E-state index in [4.69, 9.17) is 26.4 Å². The molecule has 5 nitrogen and oxygen atoms in total. The van der Waals surface area contributed by atoms with Crippen LogP contribution in [0.2, 0.25) is 0 Å². The van der Waals surface area contributed by atoms with Gasteiger partial charge in [-0.25, -0.2) is 0 Å². The van der Waals surface area contributed by atoms with Crippen LogP contribution in [0.25, 0.3) is 0 Å². The molecule has 0 radical (unpaired) electrons. The van der Waals surface area contributed by atoms with E-state index in [9.17, 15) is 0 Å². The number of ether oxygens (including phenoxy) is 3. The highest BCUT2D eigenvalue weighted by Crippen LogP contribution is 2.21. The van der Waals surface area contributed by atoms with Gasteiger partial charge in [-0.3, -0.25) is 0 Å². The summed E-state index contributed by atoms with van der Waals surface area (Å²) in [5.74, 6) is 0.921. The molecular weight excluding hydrogens is 336 g/mol. The summed E-state index contributed by atoms with van der Waals surface area (Å²) in [6.45, 7) is 6.56. The molecule has 1 aromatic carbocycles. The van der Waals surface area contributed by atoms with Crippen LogP contribution in [0, 0.1) is 0 Å². The van der Waals surface area contributed by atoms with Crippen LogP contribution in [0.15, 0.2) is 24.3 Å². The molecule has 0 amide bonds. The van der Waals surface area contributed by atoms with Crippen LogP contribution in [0.5, 0.6) is 5.75 Å². The third-order valence-electron chi connectivity index (χ3n) is 4.17. The fourth-order valence-electron chi connectivity index (χ4n) is 2.91. The summed E-state index contributed by atoms with van der Waals surface area (Å²) in [6.07, 6.45) is 3.40. The number of nitrogens with one attached hydrogen (secondary N) is 1. The molecule has 1 heterocycles. The number of nitrogens with zero attached hydrogens (tertiary/aromatic N) is 1. The minimum Gasteiger partial charge on any atom is -0.494 e. The van der Waals surface area contributed by atoms with Crippen LogP contribution in [0.4, 0.5) is 0 Å². The summed E-state index contributed by atoms with van der Waals surface area (Å²) < 4.78 is 16.7. The molecule has 0 aliphatic carbocycles. The maximum Gasteiger partial charge on any atom is 0.169 e. The molecule has 6 heteroatoms. The number of thiocarbonyl (C=S) groups is 1. The number of para-hydroxylation sites is 1. The highest BCUT2D eigenvalue weighted by Gasteiger charge is 2.21. The molecular formula is C19H30N2O3S. The van der Waals surface area contributed by atoms with Gasteiger partial charge in [-0.15, -0.1) is 0 Å². The molecule has 0 spiro atoms. The Morgan fingerprint density at radius 3 is 2.96 bits per heavy atom. The van der Waals surface area contributed by atoms with Gasteiger partial charge in [0.1, 0.15) is 5.75 Å². The Balaban J connectivity index is 2.01. The van der Waals surface area contributed by atoms with Crippen LogP contribution in [0.1, 0.15) is 31.7 Å². The van der Waals surface area contributed by atoms with Crippen molar-refractivity contribution in [2.45, 2.75) is 38.8 Å². The van der Waals surface area contributed by atoms with Crippen LogP contribution in [-0.2, 0) is 16.0 Å². The second-order valence-electron chi connectivity index (χ2n) is 6.13. The predicted octanol–water partition coefficient (Wildman–Crippen LogP) is 2.98. The second-order valence-corrected chi connectivity index (χ2v) is 6.52. The zero-order valence-corrected chi connectivity index (χ0v) is 16.1. The number of rotatable bonds is 10. The van der Waals surface area contributed by atoms with Crippen molar-refractivity contribution in [2.75, 3.05) is 40.0 Å². The van der Waals surface area contributed by atoms with Gasteiger partial charge in [0.05, 0.1) is 12.7 Å². The summed E-state index contributed by atoms with van der Waals surface area (Å²) in [5.41, 5.74) is 1.14. The van der Waals surface area contributed by atoms with Crippen LogP contribution in [-0.4, -0.2) is 56.1 Å². The van der Waals surface area contributed by atoms with Crippen molar-refractivity contribution in [2.24, 2.45) is 0 Å². The third-order valence-corrected chi connectivity index (χ3v) is 4.57. The number of methoxy groups -OCH3 is 1. The summed E-state index contributed by atoms with van der Waals surface area (Å²) in [4.78, 5) is 2.19. The smallest absolute Gasteiger partial charge is 0.169 e. The molecule has 1 N–H and O–H groups in total. The standard InChI is InChI=1S/C19H30N2O3S/c1-3-23-18-10-5-4-8-16(18)14-21(15-17-9-6-13-24-17)19(25)20-11-7-12-22-2/h4-5,8,10,17H,3,6-7,9,11-15H2,1-2H3,(H,20,25)/t17-/m1/s1. The van der Waals surface area contributed by atoms with E-state index in [1.54, 1.807) is 7.11 Å². The van der Waals surface area contributed by atoms with Gasteiger partial charge in [0.15, 0.2) is 5.11 Å². The monoisotopic (exact) mass is 366 g/mol. The first-order valence-electron chi connectivity index (χ1n) is 9.08. The first kappa shape index (κ1) is 19.9. The third kappa shape index (κ3) is 6.80. The Kier molecular flexibility index (Phi) is 9.00. The fraction of sp³-hybridized carbons (Fsp3) is 0.632. The Labute approximate surface area is 156 Å². The first-order valence-corrected chi connectivity index (χ1v) is 9.49. The topological polar surface area (TPSA) is 43.0 Å². The van der Waals surface area contributed by atoms with Gasteiger partial charge in [0.25, 0.3) is 0 Å². The van der Waals surface area contributed by atoms with Crippen LogP contribution >= 0.6 is 12.2 Å². The lowest BCUT2D eigenvalue weighted by molar-refractivity contribution is 0.0895. The van der Waals surface area contributed by atoms with Gasteiger partial charge in [0, 0.05) is 45.5 Å². The zero-order valence-electron chi connectivity index (χ0n) is 15.3. The molecule has 0 saturated carbocycles. The van der Waals surface area contributed by atoms with Crippen molar-refractivity contribution in [3.8, 4) is 5.75 Å². The number of hydrogen-bond acceptors (Lipinski definition) is 4. The zero-order chi connectivity index (χ0) is 17.9. The van der Waals surface area contributed by atoms with E-state index in [0.29, 0.717) is 13.2 Å². The average Bonchev–Trinajstić information content (AvgIpc) is 3.13. The highest BCUT2D eigenvalue weighted by molar-refractivity contribution is 7.80. The second kappa shape index (κ2) is 11.3. The summed E-state index contributed by atoms with van der Waals surface area (Å²) in [6, 6.07) is 8.15. The van der Waals surface area contributed by atoms with Crippen LogP contribution < -0.4 is 10.1 Å². The Morgan fingerprint density at radius 1 is 1.40 bits per heavy atom. The SMILES string of the molecule is CCOc1ccccc1CN(C[C@H]1CCCO1)C(=S)NCCCOC. The molecule has 1 aromatic rings. The molecule has 0 unspecified atom stereocenters. The molecule has 1 fully saturated rings. The van der Waals surface area contributed by atoms with E-state index in [-0.39, 0.29) is 6.10 Å². The largest absolute Gasteiger partial charge is 0.494 e. The maximum absolute atomic E-state index is 5.81. The quantitative estimate of drug-likeness (QED) is 0.507. The maximum atomic E-state index is 5.81. The van der Waals surface area contributed by atoms with Gasteiger partial charge >= 0.3 is 0 Å². The highest BCUT2D eigenvalue weighted by atomic mass is 32.1. The lowest BCUT2D eigenvalue weighted by atomic mass is 10.1. The first-order chi connectivity index (χ1) is 12.2. The van der Waals surface area contributed by atoms with E-state index in [0.717, 1.165) is 62.0 Å². The molecule has 25 heavy (non-hydrogen) atoms. The molecule has 2 rings (SSSR count). The van der Waals surface area contributed by atoms with Gasteiger partial charge in [-0.2, -0.15) is 0 Å². The molecule has 1 aliphatic heterocycles. The molecule has 1 saturated heterocycles. The van der Waals surface area contributed by atoms with E-state index in [2.05, 4.69) is 16.3 Å². The van der Waals surface area contributed by atoms with Crippen molar-refractivity contribution in [1.82, 2.24) is 10.2 Å². The van der Waals surface area contributed by atoms with Crippen molar-refractivity contribution < 1.29 is 14.2 Å². The predicted molar refractivity (Wildman–Crippen MR) is 104 cm³/mol. The van der Waals surface area contributed by atoms with E-state index < -0.39 is 0 Å². The average molecular weight is 367 g/mol. The van der Waals surface area contributed by atoms with E-state index in [1.807, 2.05) is 25.1 Å². The fourth-order valence-corrected chi connectivity index (χ4v) is 3.15. The van der Waals surface area contributed by atoms with Crippen molar-refractivity contribution in [1.29, 1.82) is 0 Å². The molecule has 140 valence electrons. The molecule has 1 aliphatic rings. The van der Waals surface area contributed by atoms with Gasteiger partial charge < -0.3 is 24.4 Å². The van der Waals surface area contributed by atoms with E-state index in [1.165, 1.54) is 0 Å². The number of benzene rings is 1. The minimum atomic E-state index is 0.248. The van der Waals surface area contributed by atoms with Gasteiger partial charge in [-0.05, 0) is 44.5 Å². The summed E-state index contributed by atoms with van der Waals surface area (Å²) in [7, 11) is 1.72. The normalized spacial score (nSPS) is 16.6. The van der Waals surface area contributed by atoms with Crippen molar-refractivity contribution in [3.05, 3.63) is 29.8 Å². The summed E-state index contributed by atoms with van der Waals surface area (Å²) >= 11 is 5.64. The number of hydrogen-bond donors (Lipinski definition) is 1. The molecule has 1 atom stereocenters. The lowest BCUT2D eigenvalue weighted by Gasteiger charge is -2.29. The van der Waals surface area contributed by atoms with Crippen LogP contribution in [0.3, 0.4) is 0 Å². The Morgan fingerprint density at radius 2 is 2.24 bits per heavy atom. The lowest BCUT2D eigenvalue weighted by Crippen LogP contribution is -2.43. The van der Waals surface area contributed by atoms with Crippen molar-refractivity contribution in [3.63, 3.8) is 0 Å². The Hall–Kier alpha value is -1.37. The summed E-state index contributed by atoms with van der Waals surface area (Å²) in [5, 5.41) is 4.11. The van der Waals surface area contributed by atoms with Gasteiger partial charge in [0.2, 0.25) is 0 Å². The van der Waals surface area contributed by atoms with Gasteiger partial charge in [-0.1, -0.05) is 18.2 Å². The van der Waals surface area contributed by atoms with E-state index >= 15 is 0 Å². The van der Waals surface area contributed by atoms with Crippen molar-refractivity contribution >= 4 is 17.3 Å². The molecule has 0 aromatic heterocycles. The minimum absolute atomic E-state index is 0.248. The Bertz CT molecular complexity index is 521. The molecule has 0 bridgehead atoms.